The topological polar surface area (TPSA) is 86.0 Å². The van der Waals surface area contributed by atoms with E-state index in [1.807, 2.05) is 19.9 Å². The number of ether oxygens (including phenoxy) is 2. The van der Waals surface area contributed by atoms with Gasteiger partial charge in [-0.05, 0) is 36.5 Å². The van der Waals surface area contributed by atoms with Gasteiger partial charge in [-0.25, -0.2) is 0 Å². The molecule has 1 N–H and O–H groups in total. The maximum absolute atomic E-state index is 13.2. The highest BCUT2D eigenvalue weighted by Gasteiger charge is 2.65. The Kier molecular flexibility index (Phi) is 3.10. The summed E-state index contributed by atoms with van der Waals surface area (Å²) in [5.41, 5.74) is 0.792. The number of cyclic esters (lactones) is 1. The van der Waals surface area contributed by atoms with Crippen LogP contribution in [0.4, 0.5) is 0 Å². The average molecular weight is 358 g/mol. The number of aliphatic hydroxyl groups is 1. The maximum atomic E-state index is 13.2. The third-order valence-corrected chi connectivity index (χ3v) is 7.04. The monoisotopic (exact) mass is 358 g/mol. The molecule has 2 bridgehead atoms. The van der Waals surface area contributed by atoms with Crippen molar-refractivity contribution in [2.75, 3.05) is 0 Å². The molecule has 6 nitrogen and oxygen atoms in total. The van der Waals surface area contributed by atoms with Crippen molar-refractivity contribution in [3.63, 3.8) is 0 Å². The molecule has 2 aliphatic heterocycles. The Morgan fingerprint density at radius 1 is 1.19 bits per heavy atom. The molecule has 138 valence electrons. The summed E-state index contributed by atoms with van der Waals surface area (Å²) in [4.78, 5) is 25.7. The van der Waals surface area contributed by atoms with Crippen molar-refractivity contribution in [1.29, 1.82) is 0 Å². The van der Waals surface area contributed by atoms with E-state index in [0.29, 0.717) is 31.3 Å². The van der Waals surface area contributed by atoms with Crippen molar-refractivity contribution in [3.8, 4) is 0 Å². The lowest BCUT2D eigenvalue weighted by Gasteiger charge is -2.47. The van der Waals surface area contributed by atoms with Crippen LogP contribution in [0, 0.1) is 16.7 Å². The summed E-state index contributed by atoms with van der Waals surface area (Å²) < 4.78 is 16.5. The maximum Gasteiger partial charge on any atom is 0.317 e. The Balaban J connectivity index is 1.67. The Hall–Kier alpha value is -2.08. The highest BCUT2D eigenvalue weighted by molar-refractivity contribution is 5.88. The third-order valence-electron chi connectivity index (χ3n) is 7.04. The molecule has 2 aliphatic carbocycles. The van der Waals surface area contributed by atoms with Crippen molar-refractivity contribution in [2.45, 2.75) is 57.8 Å². The van der Waals surface area contributed by atoms with E-state index in [0.717, 1.165) is 11.1 Å². The van der Waals surface area contributed by atoms with Crippen molar-refractivity contribution < 1.29 is 28.6 Å². The molecule has 26 heavy (non-hydrogen) atoms. The van der Waals surface area contributed by atoms with Crippen LogP contribution in [0.3, 0.4) is 0 Å². The molecule has 5 rings (SSSR count). The van der Waals surface area contributed by atoms with E-state index in [2.05, 4.69) is 0 Å². The minimum atomic E-state index is -0.835. The van der Waals surface area contributed by atoms with Crippen LogP contribution < -0.4 is 0 Å². The summed E-state index contributed by atoms with van der Waals surface area (Å²) in [6, 6.07) is 1.81. The van der Waals surface area contributed by atoms with E-state index in [9.17, 15) is 14.7 Å². The van der Waals surface area contributed by atoms with Gasteiger partial charge in [0.15, 0.2) is 0 Å². The predicted molar refractivity (Wildman–Crippen MR) is 88.6 cm³/mol. The van der Waals surface area contributed by atoms with Gasteiger partial charge in [0.2, 0.25) is 0 Å². The van der Waals surface area contributed by atoms with Gasteiger partial charge in [0.25, 0.3) is 0 Å². The molecule has 0 radical (unpaired) electrons. The van der Waals surface area contributed by atoms with Crippen molar-refractivity contribution in [2.24, 2.45) is 16.7 Å². The Bertz CT molecular complexity index is 823. The number of aliphatic hydroxyl groups excluding tert-OH is 1. The molecule has 0 amide bonds. The van der Waals surface area contributed by atoms with Crippen molar-refractivity contribution >= 4 is 11.9 Å². The summed E-state index contributed by atoms with van der Waals surface area (Å²) in [7, 11) is 0. The Morgan fingerprint density at radius 2 is 2.00 bits per heavy atom. The molecule has 6 atom stereocenters. The second-order valence-corrected chi connectivity index (χ2v) is 8.44. The Morgan fingerprint density at radius 3 is 2.73 bits per heavy atom. The number of hydrogen-bond acceptors (Lipinski definition) is 6. The van der Waals surface area contributed by atoms with Crippen LogP contribution in [0.5, 0.6) is 0 Å². The molecule has 2 fully saturated rings. The van der Waals surface area contributed by atoms with E-state index in [-0.39, 0.29) is 30.1 Å². The van der Waals surface area contributed by atoms with Gasteiger partial charge in [-0.15, -0.1) is 0 Å². The van der Waals surface area contributed by atoms with Crippen molar-refractivity contribution in [1.82, 2.24) is 0 Å². The zero-order valence-electron chi connectivity index (χ0n) is 14.9. The number of rotatable bonds is 1. The van der Waals surface area contributed by atoms with Gasteiger partial charge < -0.3 is 19.0 Å². The first-order chi connectivity index (χ1) is 12.4. The fourth-order valence-corrected chi connectivity index (χ4v) is 5.75. The van der Waals surface area contributed by atoms with Crippen molar-refractivity contribution in [3.05, 3.63) is 35.3 Å². The zero-order chi connectivity index (χ0) is 18.3. The quantitative estimate of drug-likeness (QED) is 0.614. The van der Waals surface area contributed by atoms with Crippen LogP contribution in [-0.4, -0.2) is 29.3 Å². The summed E-state index contributed by atoms with van der Waals surface area (Å²) in [5, 5.41) is 10.8. The highest BCUT2D eigenvalue weighted by atomic mass is 16.6. The molecule has 3 heterocycles. The summed E-state index contributed by atoms with van der Waals surface area (Å²) in [6.45, 7) is 3.83. The number of hydrogen-bond donors (Lipinski definition) is 1. The molecule has 2 saturated heterocycles. The average Bonchev–Trinajstić information content (AvgIpc) is 3.25. The van der Waals surface area contributed by atoms with Crippen LogP contribution in [-0.2, 0) is 19.1 Å². The van der Waals surface area contributed by atoms with E-state index >= 15 is 0 Å². The first-order valence-corrected chi connectivity index (χ1v) is 9.22. The highest BCUT2D eigenvalue weighted by Crippen LogP contribution is 2.63. The second-order valence-electron chi connectivity index (χ2n) is 8.44. The lowest BCUT2D eigenvalue weighted by molar-refractivity contribution is -0.150. The smallest absolute Gasteiger partial charge is 0.317 e. The molecule has 1 spiro atoms. The Labute approximate surface area is 151 Å². The van der Waals surface area contributed by atoms with Crippen LogP contribution in [0.15, 0.2) is 34.2 Å². The molecule has 4 aliphatic rings. The largest absolute Gasteiger partial charge is 0.472 e. The number of carbonyl (C=O) groups excluding carboxylic acids is 2. The van der Waals surface area contributed by atoms with Crippen LogP contribution >= 0.6 is 0 Å². The zero-order valence-corrected chi connectivity index (χ0v) is 14.9. The standard InChI is InChI=1S/C20H22O6/c1-10-5-14(21)16-13(6-12-7-19(16,2)17(22)25-12)20(10)8-15(26-18(20)23)11-3-4-24-9-11/h3-4,9-10,12,14-15,21H,5-8H2,1-2H3. The first kappa shape index (κ1) is 16.1. The second kappa shape index (κ2) is 5.00. The van der Waals surface area contributed by atoms with Crippen LogP contribution in [0.2, 0.25) is 0 Å². The number of fused-ring (bicyclic) bond motifs is 4. The molecule has 1 aromatic heterocycles. The lowest BCUT2D eigenvalue weighted by Crippen LogP contribution is -2.48. The van der Waals surface area contributed by atoms with Gasteiger partial charge in [-0.3, -0.25) is 9.59 Å². The van der Waals surface area contributed by atoms with Gasteiger partial charge in [0.1, 0.15) is 12.2 Å². The van der Waals surface area contributed by atoms with Gasteiger partial charge in [0, 0.05) is 24.8 Å². The van der Waals surface area contributed by atoms with Gasteiger partial charge >= 0.3 is 11.9 Å². The summed E-state index contributed by atoms with van der Waals surface area (Å²) in [6.07, 6.45) is 3.90. The predicted octanol–water partition coefficient (Wildman–Crippen LogP) is 2.68. The van der Waals surface area contributed by atoms with E-state index in [1.54, 1.807) is 12.5 Å². The fourth-order valence-electron chi connectivity index (χ4n) is 5.75. The first-order valence-electron chi connectivity index (χ1n) is 9.22. The van der Waals surface area contributed by atoms with E-state index in [4.69, 9.17) is 13.9 Å². The van der Waals surface area contributed by atoms with E-state index in [1.165, 1.54) is 0 Å². The summed E-state index contributed by atoms with van der Waals surface area (Å²) >= 11 is 0. The molecule has 1 aromatic rings. The molecular weight excluding hydrogens is 336 g/mol. The van der Waals surface area contributed by atoms with Crippen LogP contribution in [0.1, 0.15) is 51.2 Å². The molecule has 6 unspecified atom stereocenters. The molecular formula is C20H22O6. The van der Waals surface area contributed by atoms with Gasteiger partial charge in [0.05, 0.1) is 29.5 Å². The van der Waals surface area contributed by atoms with Crippen LogP contribution in [0.25, 0.3) is 0 Å². The minimum absolute atomic E-state index is 0.0724. The lowest BCUT2D eigenvalue weighted by atomic mass is 9.54. The minimum Gasteiger partial charge on any atom is -0.472 e. The molecule has 6 heteroatoms. The van der Waals surface area contributed by atoms with Gasteiger partial charge in [-0.2, -0.15) is 0 Å². The number of furan rings is 1. The third kappa shape index (κ3) is 1.80. The summed E-state index contributed by atoms with van der Waals surface area (Å²) in [5.74, 6) is -0.612. The number of carbonyl (C=O) groups is 2. The SMILES string of the molecule is CC1CC(O)C2=C(CC3CC2(C)C(=O)O3)C12CC(c1ccoc1)OC2=O. The molecule has 0 aromatic carbocycles. The van der Waals surface area contributed by atoms with E-state index < -0.39 is 16.9 Å². The normalized spacial score (nSPS) is 44.3. The number of esters is 2. The van der Waals surface area contributed by atoms with Gasteiger partial charge in [-0.1, -0.05) is 6.92 Å². The fraction of sp³-hybridized carbons (Fsp3) is 0.600. The molecule has 0 saturated carbocycles.